The summed E-state index contributed by atoms with van der Waals surface area (Å²) in [5.74, 6) is 0.0307. The van der Waals surface area contributed by atoms with Gasteiger partial charge in [-0.05, 0) is 25.2 Å². The van der Waals surface area contributed by atoms with Crippen LogP contribution < -0.4 is 0 Å². The second-order valence-corrected chi connectivity index (χ2v) is 22.2. The van der Waals surface area contributed by atoms with Crippen molar-refractivity contribution in [2.24, 2.45) is 5.92 Å². The topological polar surface area (TPSA) is 78.9 Å². The maximum atomic E-state index is 12.9. The van der Waals surface area contributed by atoms with E-state index in [-0.39, 0.29) is 31.1 Å². The van der Waals surface area contributed by atoms with E-state index in [0.29, 0.717) is 19.3 Å². The van der Waals surface area contributed by atoms with Crippen molar-refractivity contribution in [2.45, 2.75) is 368 Å². The third-order valence-electron chi connectivity index (χ3n) is 14.5. The molecule has 0 fully saturated rings. The summed E-state index contributed by atoms with van der Waals surface area (Å²) in [6.45, 7) is 9.09. The number of carbonyl (C=O) groups is 3. The standard InChI is InChI=1S/C63H122O6/c1-5-7-9-11-13-15-17-19-21-27-32-36-40-44-48-52-56-63(66)69-60(57-67-61(64)54-50-46-42-38-34-30-20-18-16-14-12-10-8-6-2)58-68-62(65)55-51-47-43-39-35-31-28-25-23-22-24-26-29-33-37-41-45-49-53-59(3)4/h59-60H,5-58H2,1-4H3/t60-/m0/s1. The summed E-state index contributed by atoms with van der Waals surface area (Å²) in [7, 11) is 0. The summed E-state index contributed by atoms with van der Waals surface area (Å²) < 4.78 is 16.9. The largest absolute Gasteiger partial charge is 0.462 e. The van der Waals surface area contributed by atoms with Gasteiger partial charge in [0.05, 0.1) is 0 Å². The molecule has 0 aliphatic carbocycles. The molecular weight excluding hydrogens is 853 g/mol. The highest BCUT2D eigenvalue weighted by molar-refractivity contribution is 5.71. The minimum atomic E-state index is -0.762. The van der Waals surface area contributed by atoms with Crippen LogP contribution in [0.2, 0.25) is 0 Å². The van der Waals surface area contributed by atoms with Crippen molar-refractivity contribution in [3.05, 3.63) is 0 Å². The van der Waals surface area contributed by atoms with Crippen LogP contribution in [0.1, 0.15) is 362 Å². The quantitative estimate of drug-likeness (QED) is 0.0343. The van der Waals surface area contributed by atoms with Gasteiger partial charge < -0.3 is 14.2 Å². The van der Waals surface area contributed by atoms with Crippen molar-refractivity contribution in [2.75, 3.05) is 13.2 Å². The van der Waals surface area contributed by atoms with Gasteiger partial charge in [-0.15, -0.1) is 0 Å². The van der Waals surface area contributed by atoms with Crippen LogP contribution in [0.15, 0.2) is 0 Å². The molecule has 69 heavy (non-hydrogen) atoms. The van der Waals surface area contributed by atoms with Crippen molar-refractivity contribution in [3.63, 3.8) is 0 Å². The molecule has 0 aliphatic heterocycles. The van der Waals surface area contributed by atoms with Crippen molar-refractivity contribution < 1.29 is 28.6 Å². The van der Waals surface area contributed by atoms with Gasteiger partial charge in [0.25, 0.3) is 0 Å². The normalized spacial score (nSPS) is 12.0. The lowest BCUT2D eigenvalue weighted by atomic mass is 10.0. The molecule has 0 aromatic carbocycles. The SMILES string of the molecule is CCCCCCCCCCCCCCCCCCC(=O)O[C@@H](COC(=O)CCCCCCCCCCCCCCCC)COC(=O)CCCCCCCCCCCCCCCCCCCCC(C)C. The highest BCUT2D eigenvalue weighted by Gasteiger charge is 2.19. The minimum absolute atomic E-state index is 0.0612. The van der Waals surface area contributed by atoms with Gasteiger partial charge in [0.15, 0.2) is 6.10 Å². The lowest BCUT2D eigenvalue weighted by Gasteiger charge is -2.18. The first-order valence-electron chi connectivity index (χ1n) is 31.4. The number of hydrogen-bond acceptors (Lipinski definition) is 6. The molecule has 6 nitrogen and oxygen atoms in total. The molecular formula is C63H122O6. The number of rotatable bonds is 58. The van der Waals surface area contributed by atoms with Gasteiger partial charge in [-0.1, -0.05) is 323 Å². The average molecular weight is 976 g/mol. The van der Waals surface area contributed by atoms with E-state index in [1.807, 2.05) is 0 Å². The predicted molar refractivity (Wildman–Crippen MR) is 298 cm³/mol. The Hall–Kier alpha value is -1.59. The molecule has 0 radical (unpaired) electrons. The second kappa shape index (κ2) is 57.3. The zero-order valence-electron chi connectivity index (χ0n) is 47.3. The molecule has 0 aromatic rings. The van der Waals surface area contributed by atoms with E-state index in [1.54, 1.807) is 0 Å². The number of esters is 3. The fourth-order valence-electron chi connectivity index (χ4n) is 9.81. The maximum Gasteiger partial charge on any atom is 0.306 e. The highest BCUT2D eigenvalue weighted by Crippen LogP contribution is 2.19. The van der Waals surface area contributed by atoms with Crippen LogP contribution >= 0.6 is 0 Å². The molecule has 0 aliphatic rings. The minimum Gasteiger partial charge on any atom is -0.462 e. The molecule has 410 valence electrons. The van der Waals surface area contributed by atoms with Gasteiger partial charge in [-0.2, -0.15) is 0 Å². The van der Waals surface area contributed by atoms with Gasteiger partial charge >= 0.3 is 17.9 Å². The van der Waals surface area contributed by atoms with E-state index in [4.69, 9.17) is 14.2 Å². The fourth-order valence-corrected chi connectivity index (χ4v) is 9.81. The summed E-state index contributed by atoms with van der Waals surface area (Å²) in [5.41, 5.74) is 0. The summed E-state index contributed by atoms with van der Waals surface area (Å²) in [5, 5.41) is 0. The Kier molecular flexibility index (Phi) is 56.0. The zero-order chi connectivity index (χ0) is 50.2. The first-order chi connectivity index (χ1) is 33.9. The summed E-state index contributed by atoms with van der Waals surface area (Å²) in [6, 6.07) is 0. The lowest BCUT2D eigenvalue weighted by Crippen LogP contribution is -2.30. The second-order valence-electron chi connectivity index (χ2n) is 22.2. The Morgan fingerprint density at radius 1 is 0.275 bits per heavy atom. The Bertz CT molecular complexity index is 1040. The molecule has 0 spiro atoms. The van der Waals surface area contributed by atoms with Gasteiger partial charge in [-0.3, -0.25) is 14.4 Å². The van der Waals surface area contributed by atoms with Crippen molar-refractivity contribution >= 4 is 17.9 Å². The third kappa shape index (κ3) is 57.2. The van der Waals surface area contributed by atoms with Gasteiger partial charge in [0.1, 0.15) is 13.2 Å². The van der Waals surface area contributed by atoms with E-state index >= 15 is 0 Å². The van der Waals surface area contributed by atoms with Crippen LogP contribution in [0, 0.1) is 5.92 Å². The first kappa shape index (κ1) is 67.4. The highest BCUT2D eigenvalue weighted by atomic mass is 16.6. The van der Waals surface area contributed by atoms with Crippen LogP contribution in [0.4, 0.5) is 0 Å². The van der Waals surface area contributed by atoms with Crippen molar-refractivity contribution in [1.82, 2.24) is 0 Å². The smallest absolute Gasteiger partial charge is 0.306 e. The number of hydrogen-bond donors (Lipinski definition) is 0. The van der Waals surface area contributed by atoms with Gasteiger partial charge in [0, 0.05) is 19.3 Å². The van der Waals surface area contributed by atoms with Crippen molar-refractivity contribution in [1.29, 1.82) is 0 Å². The molecule has 0 saturated carbocycles. The molecule has 0 heterocycles. The monoisotopic (exact) mass is 975 g/mol. The lowest BCUT2D eigenvalue weighted by molar-refractivity contribution is -0.167. The summed E-state index contributed by atoms with van der Waals surface area (Å²) in [6.07, 6.45) is 63.9. The molecule has 0 rings (SSSR count). The van der Waals surface area contributed by atoms with Gasteiger partial charge in [-0.25, -0.2) is 0 Å². The first-order valence-corrected chi connectivity index (χ1v) is 31.4. The molecule has 0 N–H and O–H groups in total. The molecule has 0 bridgehead atoms. The number of ether oxygens (including phenoxy) is 3. The summed E-state index contributed by atoms with van der Waals surface area (Å²) >= 11 is 0. The molecule has 0 aromatic heterocycles. The molecule has 1 atom stereocenters. The van der Waals surface area contributed by atoms with Crippen LogP contribution in [0.25, 0.3) is 0 Å². The van der Waals surface area contributed by atoms with E-state index in [2.05, 4.69) is 27.7 Å². The Morgan fingerprint density at radius 3 is 0.710 bits per heavy atom. The molecule has 0 saturated heterocycles. The van der Waals surface area contributed by atoms with Crippen LogP contribution in [0.3, 0.4) is 0 Å². The van der Waals surface area contributed by atoms with Crippen LogP contribution in [-0.4, -0.2) is 37.2 Å². The Labute approximate surface area is 431 Å². The van der Waals surface area contributed by atoms with Crippen molar-refractivity contribution in [3.8, 4) is 0 Å². The fraction of sp³-hybridized carbons (Fsp3) is 0.952. The molecule has 0 amide bonds. The average Bonchev–Trinajstić information content (AvgIpc) is 3.34. The number of carbonyl (C=O) groups excluding carboxylic acids is 3. The predicted octanol–water partition coefficient (Wildman–Crippen LogP) is 21.0. The van der Waals surface area contributed by atoms with E-state index in [9.17, 15) is 14.4 Å². The van der Waals surface area contributed by atoms with Crippen LogP contribution in [-0.2, 0) is 28.6 Å². The Balaban J connectivity index is 4.25. The molecule has 6 heteroatoms. The van der Waals surface area contributed by atoms with E-state index in [0.717, 1.165) is 63.7 Å². The van der Waals surface area contributed by atoms with E-state index < -0.39 is 6.10 Å². The number of unbranched alkanes of at least 4 members (excludes halogenated alkanes) is 45. The van der Waals surface area contributed by atoms with E-state index in [1.165, 1.54) is 257 Å². The van der Waals surface area contributed by atoms with Gasteiger partial charge in [0.2, 0.25) is 0 Å². The maximum absolute atomic E-state index is 12.9. The molecule has 0 unspecified atom stereocenters. The zero-order valence-corrected chi connectivity index (χ0v) is 47.3. The Morgan fingerprint density at radius 2 is 0.478 bits per heavy atom. The summed E-state index contributed by atoms with van der Waals surface area (Å²) in [4.78, 5) is 38.2. The third-order valence-corrected chi connectivity index (χ3v) is 14.5. The van der Waals surface area contributed by atoms with Crippen LogP contribution in [0.5, 0.6) is 0 Å².